The molecule has 1 N–H and O–H groups in total. The molecule has 0 saturated heterocycles. The van der Waals surface area contributed by atoms with Crippen molar-refractivity contribution in [1.82, 2.24) is 9.58 Å². The Hall–Kier alpha value is -3.23. The lowest BCUT2D eigenvalue weighted by molar-refractivity contribution is -0.114. The zero-order valence-electron chi connectivity index (χ0n) is 16.2. The molecule has 5 rings (SSSR count). The Morgan fingerprint density at radius 1 is 1.03 bits per heavy atom. The van der Waals surface area contributed by atoms with Crippen molar-refractivity contribution in [1.29, 1.82) is 5.41 Å². The number of hydrogen-bond donors (Lipinski definition) is 1. The number of fused-ring (bicyclic) bond motifs is 1. The third-order valence-corrected chi connectivity index (χ3v) is 6.31. The van der Waals surface area contributed by atoms with Crippen LogP contribution in [0.1, 0.15) is 11.3 Å². The third kappa shape index (κ3) is 3.92. The van der Waals surface area contributed by atoms with E-state index in [0.29, 0.717) is 11.6 Å². The summed E-state index contributed by atoms with van der Waals surface area (Å²) in [6, 6.07) is 21.7. The van der Waals surface area contributed by atoms with E-state index in [9.17, 15) is 4.79 Å². The van der Waals surface area contributed by atoms with Gasteiger partial charge in [0.2, 0.25) is 5.17 Å². The standard InChI is InChI=1S/C23H16BrN5OS/c24-16-8-10-17(11-9-16)28-12-4-7-18(28)14-19-21(25)29-23(26-22(19)30)31-20(27-29)13-15-5-2-1-3-6-15/h1-12,14,25H,13H2/b19-14-,25-21?. The van der Waals surface area contributed by atoms with Crippen LogP contribution >= 0.6 is 27.7 Å². The molecule has 0 atom stereocenters. The first kappa shape index (κ1) is 19.7. The minimum Gasteiger partial charge on any atom is -0.317 e. The smallest absolute Gasteiger partial charge is 0.283 e. The van der Waals surface area contributed by atoms with Crippen LogP contribution in [0.25, 0.3) is 11.8 Å². The normalized spacial score (nSPS) is 17.1. The maximum atomic E-state index is 12.7. The van der Waals surface area contributed by atoms with Crippen LogP contribution < -0.4 is 0 Å². The van der Waals surface area contributed by atoms with Gasteiger partial charge in [0.15, 0.2) is 5.84 Å². The summed E-state index contributed by atoms with van der Waals surface area (Å²) < 4.78 is 2.95. The van der Waals surface area contributed by atoms with Gasteiger partial charge >= 0.3 is 0 Å². The van der Waals surface area contributed by atoms with Crippen LogP contribution in [0.2, 0.25) is 0 Å². The molecule has 152 valence electrons. The Morgan fingerprint density at radius 3 is 2.58 bits per heavy atom. The Labute approximate surface area is 191 Å². The number of amides is 1. The number of carbonyl (C=O) groups excluding carboxylic acids is 1. The van der Waals surface area contributed by atoms with Gasteiger partial charge in [0.1, 0.15) is 5.04 Å². The highest BCUT2D eigenvalue weighted by Gasteiger charge is 2.35. The first-order chi connectivity index (χ1) is 15.1. The number of benzene rings is 2. The Morgan fingerprint density at radius 2 is 1.81 bits per heavy atom. The number of amidine groups is 2. The second kappa shape index (κ2) is 8.13. The lowest BCUT2D eigenvalue weighted by atomic mass is 10.1. The molecule has 1 aromatic heterocycles. The average Bonchev–Trinajstić information content (AvgIpc) is 3.39. The molecule has 0 spiro atoms. The largest absolute Gasteiger partial charge is 0.317 e. The third-order valence-electron chi connectivity index (χ3n) is 4.87. The number of nitrogens with one attached hydrogen (secondary N) is 1. The van der Waals surface area contributed by atoms with Crippen molar-refractivity contribution >= 4 is 55.7 Å². The van der Waals surface area contributed by atoms with Gasteiger partial charge in [-0.25, -0.2) is 0 Å². The van der Waals surface area contributed by atoms with Gasteiger partial charge in [-0.2, -0.15) is 15.1 Å². The van der Waals surface area contributed by atoms with Gasteiger partial charge in [-0.3, -0.25) is 10.2 Å². The summed E-state index contributed by atoms with van der Waals surface area (Å²) in [6.45, 7) is 0. The second-order valence-electron chi connectivity index (χ2n) is 6.96. The monoisotopic (exact) mass is 489 g/mol. The molecule has 2 aliphatic rings. The molecule has 0 aliphatic carbocycles. The van der Waals surface area contributed by atoms with E-state index in [0.717, 1.165) is 26.5 Å². The molecule has 1 amide bonds. The van der Waals surface area contributed by atoms with Crippen molar-refractivity contribution in [2.45, 2.75) is 6.42 Å². The number of thioether (sulfide) groups is 1. The number of nitrogens with zero attached hydrogens (tertiary/aromatic N) is 4. The van der Waals surface area contributed by atoms with Gasteiger partial charge in [-0.1, -0.05) is 46.3 Å². The van der Waals surface area contributed by atoms with Crippen LogP contribution in [-0.2, 0) is 11.2 Å². The number of rotatable bonds is 4. The Kier molecular flexibility index (Phi) is 5.17. The topological polar surface area (TPSA) is 73.8 Å². The van der Waals surface area contributed by atoms with Crippen LogP contribution in [0.4, 0.5) is 0 Å². The number of hydrogen-bond acceptors (Lipinski definition) is 4. The van der Waals surface area contributed by atoms with E-state index in [1.165, 1.54) is 16.8 Å². The molecule has 3 aromatic rings. The predicted octanol–water partition coefficient (Wildman–Crippen LogP) is 5.10. The zero-order chi connectivity index (χ0) is 21.4. The fourth-order valence-corrected chi connectivity index (χ4v) is 4.55. The molecular weight excluding hydrogens is 474 g/mol. The average molecular weight is 490 g/mol. The van der Waals surface area contributed by atoms with E-state index in [2.05, 4.69) is 26.0 Å². The molecule has 3 heterocycles. The molecule has 6 nitrogen and oxygen atoms in total. The van der Waals surface area contributed by atoms with Crippen molar-refractivity contribution < 1.29 is 4.79 Å². The van der Waals surface area contributed by atoms with Crippen LogP contribution in [-0.4, -0.2) is 31.5 Å². The molecule has 8 heteroatoms. The van der Waals surface area contributed by atoms with Gasteiger partial charge in [-0.05, 0) is 59.8 Å². The molecule has 0 saturated carbocycles. The fraction of sp³-hybridized carbons (Fsp3) is 0.0435. The van der Waals surface area contributed by atoms with Crippen LogP contribution in [0.15, 0.2) is 93.1 Å². The highest BCUT2D eigenvalue weighted by Crippen LogP contribution is 2.30. The molecular formula is C23H16BrN5OS. The number of carbonyl (C=O) groups is 1. The molecule has 2 aliphatic heterocycles. The van der Waals surface area contributed by atoms with E-state index in [1.54, 1.807) is 6.08 Å². The van der Waals surface area contributed by atoms with Crippen molar-refractivity contribution in [3.63, 3.8) is 0 Å². The lowest BCUT2D eigenvalue weighted by Gasteiger charge is -2.20. The van der Waals surface area contributed by atoms with Gasteiger partial charge in [0, 0.05) is 28.5 Å². The van der Waals surface area contributed by atoms with Gasteiger partial charge in [0.25, 0.3) is 5.91 Å². The van der Waals surface area contributed by atoms with Crippen molar-refractivity contribution in [2.24, 2.45) is 10.1 Å². The number of aliphatic imine (C=N–C) groups is 1. The fourth-order valence-electron chi connectivity index (χ4n) is 3.37. The predicted molar refractivity (Wildman–Crippen MR) is 129 cm³/mol. The minimum atomic E-state index is -0.427. The van der Waals surface area contributed by atoms with Gasteiger partial charge < -0.3 is 4.57 Å². The summed E-state index contributed by atoms with van der Waals surface area (Å²) in [7, 11) is 0. The van der Waals surface area contributed by atoms with Gasteiger partial charge in [-0.15, -0.1) is 0 Å². The maximum absolute atomic E-state index is 12.7. The highest BCUT2D eigenvalue weighted by atomic mass is 79.9. The van der Waals surface area contributed by atoms with E-state index in [4.69, 9.17) is 5.41 Å². The van der Waals surface area contributed by atoms with Crippen LogP contribution in [0, 0.1) is 5.41 Å². The molecule has 31 heavy (non-hydrogen) atoms. The summed E-state index contributed by atoms with van der Waals surface area (Å²) in [5.74, 6) is -0.391. The van der Waals surface area contributed by atoms with E-state index >= 15 is 0 Å². The maximum Gasteiger partial charge on any atom is 0.283 e. The summed E-state index contributed by atoms with van der Waals surface area (Å²) in [6.07, 6.45) is 4.25. The Balaban J connectivity index is 1.44. The lowest BCUT2D eigenvalue weighted by Crippen LogP contribution is -2.35. The number of halogens is 1. The zero-order valence-corrected chi connectivity index (χ0v) is 18.6. The summed E-state index contributed by atoms with van der Waals surface area (Å²) in [4.78, 5) is 16.9. The SMILES string of the molecule is N=C1/C(=C/c2cccn2-c2ccc(Br)cc2)C(=O)N=C2SC(Cc3ccccc3)=NN12. The first-order valence-electron chi connectivity index (χ1n) is 9.55. The van der Waals surface area contributed by atoms with Crippen molar-refractivity contribution in [3.8, 4) is 5.69 Å². The molecule has 0 bridgehead atoms. The molecule has 0 fully saturated rings. The number of hydrazone groups is 1. The summed E-state index contributed by atoms with van der Waals surface area (Å²) in [5.41, 5.74) is 3.08. The second-order valence-corrected chi connectivity index (χ2v) is 8.91. The summed E-state index contributed by atoms with van der Waals surface area (Å²) >= 11 is 4.78. The molecule has 2 aromatic carbocycles. The van der Waals surface area contributed by atoms with E-state index in [-0.39, 0.29) is 11.4 Å². The van der Waals surface area contributed by atoms with Crippen molar-refractivity contribution in [3.05, 3.63) is 94.2 Å². The highest BCUT2D eigenvalue weighted by molar-refractivity contribution is 9.10. The van der Waals surface area contributed by atoms with Crippen LogP contribution in [0.5, 0.6) is 0 Å². The van der Waals surface area contributed by atoms with E-state index < -0.39 is 5.91 Å². The first-order valence-corrected chi connectivity index (χ1v) is 11.2. The Bertz CT molecular complexity index is 1270. The molecule has 0 radical (unpaired) electrons. The summed E-state index contributed by atoms with van der Waals surface area (Å²) in [5, 5.41) is 15.8. The molecule has 0 unspecified atom stereocenters. The van der Waals surface area contributed by atoms with Crippen molar-refractivity contribution in [2.75, 3.05) is 0 Å². The number of aromatic nitrogens is 1. The quantitative estimate of drug-likeness (QED) is 0.517. The van der Waals surface area contributed by atoms with Crippen LogP contribution in [0.3, 0.4) is 0 Å². The van der Waals surface area contributed by atoms with E-state index in [1.807, 2.05) is 77.5 Å². The minimum absolute atomic E-state index is 0.0362. The van der Waals surface area contributed by atoms with Gasteiger partial charge in [0.05, 0.1) is 5.57 Å².